The molecule has 1 saturated heterocycles. The molecule has 1 aromatic carbocycles. The highest BCUT2D eigenvalue weighted by Crippen LogP contribution is 2.30. The van der Waals surface area contributed by atoms with Crippen LogP contribution in [0.15, 0.2) is 30.3 Å². The van der Waals surface area contributed by atoms with Crippen molar-refractivity contribution in [2.75, 3.05) is 61.4 Å². The summed E-state index contributed by atoms with van der Waals surface area (Å²) in [7, 11) is 2.06. The average molecular weight is 402 g/mol. The first-order valence-corrected chi connectivity index (χ1v) is 9.83. The Labute approximate surface area is 170 Å². The Morgan fingerprint density at radius 1 is 1.17 bits per heavy atom. The van der Waals surface area contributed by atoms with Gasteiger partial charge in [0, 0.05) is 51.0 Å². The lowest BCUT2D eigenvalue weighted by molar-refractivity contribution is -0.384. The number of halogens is 1. The molecular weight excluding hydrogens is 375 g/mol. The molecule has 3 rings (SSSR count). The number of nitrogens with zero attached hydrogens (tertiary/aromatic N) is 5. The summed E-state index contributed by atoms with van der Waals surface area (Å²) < 4.78 is 14.6. The smallest absolute Gasteiger partial charge is 0.311 e. The van der Waals surface area contributed by atoms with Gasteiger partial charge < -0.3 is 20.0 Å². The molecule has 0 radical (unpaired) electrons. The van der Waals surface area contributed by atoms with Crippen molar-refractivity contribution < 1.29 is 9.31 Å². The Kier molecular flexibility index (Phi) is 6.48. The van der Waals surface area contributed by atoms with Gasteiger partial charge in [-0.05, 0) is 45.2 Å². The number of pyridine rings is 1. The number of rotatable bonds is 7. The van der Waals surface area contributed by atoms with E-state index in [1.807, 2.05) is 18.7 Å². The first-order valence-electron chi connectivity index (χ1n) is 9.83. The van der Waals surface area contributed by atoms with E-state index in [-0.39, 0.29) is 17.3 Å². The van der Waals surface area contributed by atoms with Gasteiger partial charge in [-0.25, -0.2) is 9.37 Å². The van der Waals surface area contributed by atoms with Crippen LogP contribution in [0.5, 0.6) is 0 Å². The molecule has 1 fully saturated rings. The lowest BCUT2D eigenvalue weighted by Gasteiger charge is -2.33. The maximum atomic E-state index is 14.6. The van der Waals surface area contributed by atoms with E-state index in [0.717, 1.165) is 26.2 Å². The minimum Gasteiger partial charge on any atom is -0.370 e. The summed E-state index contributed by atoms with van der Waals surface area (Å²) in [5.74, 6) is 0.407. The van der Waals surface area contributed by atoms with Crippen LogP contribution in [0.25, 0.3) is 0 Å². The van der Waals surface area contributed by atoms with Crippen LogP contribution >= 0.6 is 0 Å². The van der Waals surface area contributed by atoms with Crippen LogP contribution in [-0.2, 0) is 0 Å². The van der Waals surface area contributed by atoms with E-state index in [1.165, 1.54) is 12.1 Å². The van der Waals surface area contributed by atoms with E-state index in [9.17, 15) is 14.5 Å². The average Bonchev–Trinajstić information content (AvgIpc) is 2.70. The van der Waals surface area contributed by atoms with Crippen molar-refractivity contribution in [3.8, 4) is 0 Å². The lowest BCUT2D eigenvalue weighted by atomic mass is 10.2. The van der Waals surface area contributed by atoms with Crippen molar-refractivity contribution in [1.82, 2.24) is 9.88 Å². The number of hydrogen-bond acceptors (Lipinski definition) is 7. The van der Waals surface area contributed by atoms with Gasteiger partial charge in [0.2, 0.25) is 5.82 Å². The van der Waals surface area contributed by atoms with Crippen molar-refractivity contribution in [2.45, 2.75) is 13.8 Å². The number of anilines is 4. The summed E-state index contributed by atoms with van der Waals surface area (Å²) in [6, 6.07) is 7.86. The summed E-state index contributed by atoms with van der Waals surface area (Å²) >= 11 is 0. The SMILES string of the molecule is CCN(CC)c1ccc(Nc2nc(N3CCN(C)CC3)ccc2[N+](=O)[O-])cc1F. The summed E-state index contributed by atoms with van der Waals surface area (Å²) in [5, 5.41) is 14.4. The first-order chi connectivity index (χ1) is 13.9. The highest BCUT2D eigenvalue weighted by atomic mass is 19.1. The van der Waals surface area contributed by atoms with Gasteiger partial charge in [-0.2, -0.15) is 0 Å². The molecule has 1 aliphatic rings. The molecule has 29 heavy (non-hydrogen) atoms. The van der Waals surface area contributed by atoms with Crippen molar-refractivity contribution in [1.29, 1.82) is 0 Å². The van der Waals surface area contributed by atoms with E-state index >= 15 is 0 Å². The van der Waals surface area contributed by atoms with Gasteiger partial charge in [-0.15, -0.1) is 0 Å². The molecule has 0 bridgehead atoms. The third-order valence-electron chi connectivity index (χ3n) is 5.20. The lowest BCUT2D eigenvalue weighted by Crippen LogP contribution is -2.44. The van der Waals surface area contributed by atoms with Crippen LogP contribution in [0.4, 0.5) is 33.1 Å². The molecule has 1 aliphatic heterocycles. The van der Waals surface area contributed by atoms with Gasteiger partial charge in [-0.1, -0.05) is 0 Å². The zero-order valence-corrected chi connectivity index (χ0v) is 17.1. The summed E-state index contributed by atoms with van der Waals surface area (Å²) in [4.78, 5) is 21.7. The third-order valence-corrected chi connectivity index (χ3v) is 5.20. The summed E-state index contributed by atoms with van der Waals surface area (Å²) in [6.07, 6.45) is 0. The number of likely N-dealkylation sites (N-methyl/N-ethyl adjacent to an activating group) is 1. The number of aromatic nitrogens is 1. The van der Waals surface area contributed by atoms with E-state index < -0.39 is 4.92 Å². The zero-order valence-electron chi connectivity index (χ0n) is 17.1. The standard InChI is InChI=1S/C20H27FN6O2/c1-4-25(5-2)17-7-6-15(14-16(17)21)22-20-18(27(28)29)8-9-19(23-20)26-12-10-24(3)11-13-26/h6-9,14H,4-5,10-13H2,1-3H3,(H,22,23). The first kappa shape index (κ1) is 20.8. The fourth-order valence-corrected chi connectivity index (χ4v) is 3.43. The number of hydrogen-bond donors (Lipinski definition) is 1. The van der Waals surface area contributed by atoms with E-state index in [0.29, 0.717) is 30.3 Å². The number of piperazine rings is 1. The van der Waals surface area contributed by atoms with Gasteiger partial charge in [0.05, 0.1) is 10.6 Å². The van der Waals surface area contributed by atoms with Crippen LogP contribution in [0, 0.1) is 15.9 Å². The Balaban J connectivity index is 1.88. The maximum absolute atomic E-state index is 14.6. The molecule has 0 aliphatic carbocycles. The number of nitro groups is 1. The number of benzene rings is 1. The quantitative estimate of drug-likeness (QED) is 0.561. The zero-order chi connectivity index (χ0) is 21.0. The molecule has 0 atom stereocenters. The summed E-state index contributed by atoms with van der Waals surface area (Å²) in [6.45, 7) is 8.72. The van der Waals surface area contributed by atoms with Crippen LogP contribution in [0.1, 0.15) is 13.8 Å². The number of nitrogens with one attached hydrogen (secondary N) is 1. The van der Waals surface area contributed by atoms with E-state index in [4.69, 9.17) is 0 Å². The molecule has 0 amide bonds. The fraction of sp³-hybridized carbons (Fsp3) is 0.450. The predicted octanol–water partition coefficient (Wildman–Crippen LogP) is 3.47. The molecule has 1 aromatic heterocycles. The monoisotopic (exact) mass is 402 g/mol. The molecular formula is C20H27FN6O2. The second-order valence-electron chi connectivity index (χ2n) is 7.05. The van der Waals surface area contributed by atoms with Crippen LogP contribution < -0.4 is 15.1 Å². The molecule has 156 valence electrons. The van der Waals surface area contributed by atoms with Gasteiger partial charge in [0.15, 0.2) is 0 Å². The maximum Gasteiger partial charge on any atom is 0.311 e. The molecule has 8 nitrogen and oxygen atoms in total. The molecule has 2 heterocycles. The third kappa shape index (κ3) is 4.73. The van der Waals surface area contributed by atoms with Gasteiger partial charge in [0.1, 0.15) is 11.6 Å². The van der Waals surface area contributed by atoms with Crippen LogP contribution in [-0.4, -0.2) is 61.1 Å². The van der Waals surface area contributed by atoms with Gasteiger partial charge in [0.25, 0.3) is 0 Å². The Bertz CT molecular complexity index is 866. The van der Waals surface area contributed by atoms with Crippen molar-refractivity contribution in [3.05, 3.63) is 46.3 Å². The van der Waals surface area contributed by atoms with Crippen molar-refractivity contribution in [3.63, 3.8) is 0 Å². The topological polar surface area (TPSA) is 77.8 Å². The van der Waals surface area contributed by atoms with Crippen LogP contribution in [0.3, 0.4) is 0 Å². The Morgan fingerprint density at radius 2 is 1.86 bits per heavy atom. The minimum atomic E-state index is -0.482. The largest absolute Gasteiger partial charge is 0.370 e. The Hall–Kier alpha value is -2.94. The molecule has 0 spiro atoms. The van der Waals surface area contributed by atoms with Gasteiger partial charge in [-0.3, -0.25) is 10.1 Å². The normalized spacial score (nSPS) is 14.7. The highest BCUT2D eigenvalue weighted by molar-refractivity contribution is 5.69. The molecule has 2 aromatic rings. The van der Waals surface area contributed by atoms with Crippen LogP contribution in [0.2, 0.25) is 0 Å². The highest BCUT2D eigenvalue weighted by Gasteiger charge is 2.21. The van der Waals surface area contributed by atoms with Crippen molar-refractivity contribution in [2.24, 2.45) is 0 Å². The van der Waals surface area contributed by atoms with E-state index in [2.05, 4.69) is 27.1 Å². The molecule has 1 N–H and O–H groups in total. The van der Waals surface area contributed by atoms with Gasteiger partial charge >= 0.3 is 5.69 Å². The summed E-state index contributed by atoms with van der Waals surface area (Å²) in [5.41, 5.74) is 0.787. The molecule has 9 heteroatoms. The van der Waals surface area contributed by atoms with E-state index in [1.54, 1.807) is 18.2 Å². The Morgan fingerprint density at radius 3 is 2.45 bits per heavy atom. The molecule has 0 saturated carbocycles. The van der Waals surface area contributed by atoms with Crippen molar-refractivity contribution >= 4 is 28.7 Å². The minimum absolute atomic E-state index is 0.112. The molecule has 0 unspecified atom stereocenters. The predicted molar refractivity (Wildman–Crippen MR) is 114 cm³/mol. The second-order valence-corrected chi connectivity index (χ2v) is 7.05. The second kappa shape index (κ2) is 9.04. The fourth-order valence-electron chi connectivity index (χ4n) is 3.43.